The second-order valence-corrected chi connectivity index (χ2v) is 4.96. The summed E-state index contributed by atoms with van der Waals surface area (Å²) in [5, 5.41) is 3.15. The van der Waals surface area contributed by atoms with Crippen molar-refractivity contribution in [1.82, 2.24) is 5.32 Å². The second kappa shape index (κ2) is 5.06. The van der Waals surface area contributed by atoms with Crippen LogP contribution in [0.2, 0.25) is 0 Å². The molecule has 0 aliphatic heterocycles. The van der Waals surface area contributed by atoms with Gasteiger partial charge in [0.2, 0.25) is 0 Å². The third-order valence-electron chi connectivity index (χ3n) is 2.56. The molecule has 2 rings (SSSR count). The van der Waals surface area contributed by atoms with E-state index in [1.165, 1.54) is 12.1 Å². The highest BCUT2D eigenvalue weighted by Gasteiger charge is 2.21. The Morgan fingerprint density at radius 1 is 1.50 bits per heavy atom. The van der Waals surface area contributed by atoms with Gasteiger partial charge in [0.05, 0.1) is 6.54 Å². The highest BCUT2D eigenvalue weighted by Crippen LogP contribution is 2.20. The molecule has 1 aromatic rings. The minimum Gasteiger partial charge on any atom is -0.307 e. The van der Waals surface area contributed by atoms with E-state index in [0.29, 0.717) is 18.2 Å². The minimum absolute atomic E-state index is 0.0956. The van der Waals surface area contributed by atoms with E-state index in [9.17, 15) is 9.18 Å². The molecule has 0 radical (unpaired) electrons. The zero-order valence-electron chi connectivity index (χ0n) is 8.80. The van der Waals surface area contributed by atoms with E-state index in [1.54, 1.807) is 6.07 Å². The standard InChI is InChI=1S/C12H13BrFNO/c13-12-4-1-9(14)5-8(12)6-11(16)7-15-10-2-3-10/h1,4-5,10,15H,2-3,6-7H2. The van der Waals surface area contributed by atoms with Crippen LogP contribution in [0.1, 0.15) is 18.4 Å². The van der Waals surface area contributed by atoms with Crippen molar-refractivity contribution in [1.29, 1.82) is 0 Å². The first kappa shape index (κ1) is 11.7. The maximum Gasteiger partial charge on any atom is 0.151 e. The second-order valence-electron chi connectivity index (χ2n) is 4.11. The Kier molecular flexibility index (Phi) is 3.71. The lowest BCUT2D eigenvalue weighted by Gasteiger charge is -2.05. The Bertz CT molecular complexity index is 404. The van der Waals surface area contributed by atoms with Gasteiger partial charge in [0.15, 0.2) is 5.78 Å². The molecule has 0 spiro atoms. The fourth-order valence-corrected chi connectivity index (χ4v) is 1.89. The summed E-state index contributed by atoms with van der Waals surface area (Å²) in [4.78, 5) is 11.6. The van der Waals surface area contributed by atoms with Crippen molar-refractivity contribution in [2.24, 2.45) is 0 Å². The van der Waals surface area contributed by atoms with Crippen LogP contribution in [0.15, 0.2) is 22.7 Å². The molecule has 0 aromatic heterocycles. The van der Waals surface area contributed by atoms with Crippen LogP contribution < -0.4 is 5.32 Å². The molecule has 1 aliphatic carbocycles. The summed E-state index contributed by atoms with van der Waals surface area (Å²) in [6, 6.07) is 4.94. The van der Waals surface area contributed by atoms with Crippen molar-refractivity contribution in [3.8, 4) is 0 Å². The molecular weight excluding hydrogens is 273 g/mol. The summed E-state index contributed by atoms with van der Waals surface area (Å²) in [7, 11) is 0. The first-order valence-electron chi connectivity index (χ1n) is 5.34. The van der Waals surface area contributed by atoms with Gasteiger partial charge in [-0.15, -0.1) is 0 Å². The van der Waals surface area contributed by atoms with Gasteiger partial charge in [-0.1, -0.05) is 15.9 Å². The van der Waals surface area contributed by atoms with Crippen molar-refractivity contribution >= 4 is 21.7 Å². The highest BCUT2D eigenvalue weighted by atomic mass is 79.9. The van der Waals surface area contributed by atoms with Crippen LogP contribution in [0.5, 0.6) is 0 Å². The first-order chi connectivity index (χ1) is 7.65. The lowest BCUT2D eigenvalue weighted by atomic mass is 10.1. The predicted molar refractivity (Wildman–Crippen MR) is 63.8 cm³/mol. The largest absolute Gasteiger partial charge is 0.307 e. The number of hydrogen-bond donors (Lipinski definition) is 1. The molecule has 1 N–H and O–H groups in total. The molecular formula is C12H13BrFNO. The average Bonchev–Trinajstić information content (AvgIpc) is 3.04. The maximum absolute atomic E-state index is 13.0. The number of carbonyl (C=O) groups is 1. The Labute approximate surface area is 102 Å². The SMILES string of the molecule is O=C(CNC1CC1)Cc1cc(F)ccc1Br. The van der Waals surface area contributed by atoms with Crippen LogP contribution >= 0.6 is 15.9 Å². The molecule has 2 nitrogen and oxygen atoms in total. The quantitative estimate of drug-likeness (QED) is 0.901. The van der Waals surface area contributed by atoms with Crippen molar-refractivity contribution < 1.29 is 9.18 Å². The molecule has 1 aliphatic rings. The molecule has 0 bridgehead atoms. The fourth-order valence-electron chi connectivity index (χ4n) is 1.50. The number of Topliss-reactive ketones (excluding diaryl/α,β-unsaturated/α-hetero) is 1. The van der Waals surface area contributed by atoms with E-state index in [-0.39, 0.29) is 18.0 Å². The van der Waals surface area contributed by atoms with E-state index in [1.807, 2.05) is 0 Å². The molecule has 0 unspecified atom stereocenters. The molecule has 0 atom stereocenters. The molecule has 0 amide bonds. The number of ketones is 1. The predicted octanol–water partition coefficient (Wildman–Crippen LogP) is 2.45. The van der Waals surface area contributed by atoms with Gasteiger partial charge < -0.3 is 5.32 Å². The Morgan fingerprint density at radius 3 is 2.94 bits per heavy atom. The normalized spacial score (nSPS) is 15.1. The van der Waals surface area contributed by atoms with E-state index < -0.39 is 0 Å². The van der Waals surface area contributed by atoms with Crippen LogP contribution in [0, 0.1) is 5.82 Å². The number of carbonyl (C=O) groups excluding carboxylic acids is 1. The fraction of sp³-hybridized carbons (Fsp3) is 0.417. The monoisotopic (exact) mass is 285 g/mol. The molecule has 1 saturated carbocycles. The van der Waals surface area contributed by atoms with Gasteiger partial charge in [-0.2, -0.15) is 0 Å². The van der Waals surface area contributed by atoms with E-state index in [2.05, 4.69) is 21.2 Å². The Morgan fingerprint density at radius 2 is 2.25 bits per heavy atom. The molecule has 1 fully saturated rings. The summed E-state index contributed by atoms with van der Waals surface area (Å²) >= 11 is 3.31. The smallest absolute Gasteiger partial charge is 0.151 e. The van der Waals surface area contributed by atoms with Gasteiger partial charge in [0.25, 0.3) is 0 Å². The van der Waals surface area contributed by atoms with E-state index in [4.69, 9.17) is 0 Å². The molecule has 86 valence electrons. The van der Waals surface area contributed by atoms with Crippen LogP contribution in [-0.4, -0.2) is 18.4 Å². The van der Waals surface area contributed by atoms with Crippen molar-refractivity contribution in [3.05, 3.63) is 34.1 Å². The number of halogens is 2. The Hall–Kier alpha value is -0.740. The summed E-state index contributed by atoms with van der Waals surface area (Å²) < 4.78 is 13.8. The van der Waals surface area contributed by atoms with Crippen molar-refractivity contribution in [2.45, 2.75) is 25.3 Å². The van der Waals surface area contributed by atoms with Gasteiger partial charge in [0.1, 0.15) is 5.82 Å². The number of benzene rings is 1. The van der Waals surface area contributed by atoms with Gasteiger partial charge in [-0.05, 0) is 36.6 Å². The first-order valence-corrected chi connectivity index (χ1v) is 6.13. The zero-order chi connectivity index (χ0) is 11.5. The van der Waals surface area contributed by atoms with Gasteiger partial charge in [-0.3, -0.25) is 4.79 Å². The zero-order valence-corrected chi connectivity index (χ0v) is 10.4. The molecule has 0 saturated heterocycles. The van der Waals surface area contributed by atoms with Crippen molar-refractivity contribution in [2.75, 3.05) is 6.54 Å². The summed E-state index contributed by atoms with van der Waals surface area (Å²) in [5.74, 6) is -0.209. The third kappa shape index (κ3) is 3.39. The number of rotatable bonds is 5. The maximum atomic E-state index is 13.0. The van der Waals surface area contributed by atoms with Crippen molar-refractivity contribution in [3.63, 3.8) is 0 Å². The lowest BCUT2D eigenvalue weighted by molar-refractivity contribution is -0.117. The van der Waals surface area contributed by atoms with Gasteiger partial charge in [-0.25, -0.2) is 4.39 Å². The minimum atomic E-state index is -0.304. The van der Waals surface area contributed by atoms with Gasteiger partial charge >= 0.3 is 0 Å². The topological polar surface area (TPSA) is 29.1 Å². The summed E-state index contributed by atoms with van der Waals surface area (Å²) in [6.07, 6.45) is 2.60. The van der Waals surface area contributed by atoms with E-state index in [0.717, 1.165) is 17.3 Å². The summed E-state index contributed by atoms with van der Waals surface area (Å²) in [5.41, 5.74) is 0.711. The number of hydrogen-bond acceptors (Lipinski definition) is 2. The average molecular weight is 286 g/mol. The molecule has 4 heteroatoms. The third-order valence-corrected chi connectivity index (χ3v) is 3.33. The van der Waals surface area contributed by atoms with Crippen LogP contribution in [0.3, 0.4) is 0 Å². The molecule has 0 heterocycles. The Balaban J connectivity index is 1.91. The highest BCUT2D eigenvalue weighted by molar-refractivity contribution is 9.10. The van der Waals surface area contributed by atoms with Crippen LogP contribution in [0.25, 0.3) is 0 Å². The van der Waals surface area contributed by atoms with Crippen LogP contribution in [-0.2, 0) is 11.2 Å². The van der Waals surface area contributed by atoms with Gasteiger partial charge in [0, 0.05) is 16.9 Å². The van der Waals surface area contributed by atoms with Crippen LogP contribution in [0.4, 0.5) is 4.39 Å². The summed E-state index contributed by atoms with van der Waals surface area (Å²) in [6.45, 7) is 0.383. The number of nitrogens with one attached hydrogen (secondary N) is 1. The molecule has 16 heavy (non-hydrogen) atoms. The van der Waals surface area contributed by atoms with E-state index >= 15 is 0 Å². The molecule has 1 aromatic carbocycles. The lowest BCUT2D eigenvalue weighted by Crippen LogP contribution is -2.26.